The fourth-order valence-corrected chi connectivity index (χ4v) is 5.00. The maximum Gasteiger partial charge on any atom is 0.241 e. The minimum Gasteiger partial charge on any atom is -0.383 e. The van der Waals surface area contributed by atoms with Gasteiger partial charge in [-0.1, -0.05) is 30.3 Å². The van der Waals surface area contributed by atoms with Crippen molar-refractivity contribution in [3.8, 4) is 0 Å². The van der Waals surface area contributed by atoms with Crippen LogP contribution >= 0.6 is 0 Å². The van der Waals surface area contributed by atoms with Crippen molar-refractivity contribution >= 4 is 17.7 Å². The third kappa shape index (κ3) is 4.88. The average molecular weight is 465 g/mol. The van der Waals surface area contributed by atoms with Crippen LogP contribution in [0.15, 0.2) is 48.8 Å². The van der Waals surface area contributed by atoms with E-state index in [1.807, 2.05) is 42.2 Å². The Morgan fingerprint density at radius 2 is 1.85 bits per heavy atom. The summed E-state index contributed by atoms with van der Waals surface area (Å²) < 4.78 is 5.16. The lowest BCUT2D eigenvalue weighted by Gasteiger charge is -2.37. The minimum atomic E-state index is -1.19. The molecule has 2 aliphatic rings. The molecule has 2 fully saturated rings. The largest absolute Gasteiger partial charge is 0.383 e. The molecule has 3 heterocycles. The van der Waals surface area contributed by atoms with Gasteiger partial charge in [0.15, 0.2) is 0 Å². The van der Waals surface area contributed by atoms with Gasteiger partial charge in [-0.3, -0.25) is 29.2 Å². The van der Waals surface area contributed by atoms with Crippen molar-refractivity contribution in [1.82, 2.24) is 19.7 Å². The van der Waals surface area contributed by atoms with Crippen LogP contribution in [0.2, 0.25) is 0 Å². The number of benzene rings is 1. The van der Waals surface area contributed by atoms with E-state index in [1.54, 1.807) is 25.6 Å². The summed E-state index contributed by atoms with van der Waals surface area (Å²) in [5, 5.41) is 0. The molecule has 0 saturated carbocycles. The van der Waals surface area contributed by atoms with E-state index >= 15 is 0 Å². The Morgan fingerprint density at radius 1 is 1.09 bits per heavy atom. The number of methoxy groups -OCH3 is 1. The number of imide groups is 1. The van der Waals surface area contributed by atoms with Crippen LogP contribution in [0.1, 0.15) is 29.5 Å². The van der Waals surface area contributed by atoms with E-state index in [-0.39, 0.29) is 37.1 Å². The number of hydrogen-bond acceptors (Lipinski definition) is 6. The number of ether oxygens (including phenoxy) is 1. The first-order chi connectivity index (χ1) is 16.4. The van der Waals surface area contributed by atoms with Gasteiger partial charge in [-0.2, -0.15) is 0 Å². The molecule has 180 valence electrons. The molecule has 8 heteroatoms. The van der Waals surface area contributed by atoms with Gasteiger partial charge in [0, 0.05) is 65.1 Å². The van der Waals surface area contributed by atoms with Crippen molar-refractivity contribution < 1.29 is 19.1 Å². The summed E-state index contributed by atoms with van der Waals surface area (Å²) in [5.74, 6) is -0.643. The van der Waals surface area contributed by atoms with E-state index in [1.165, 1.54) is 4.90 Å². The zero-order valence-electron chi connectivity index (χ0n) is 19.9. The Kier molecular flexibility index (Phi) is 7.38. The summed E-state index contributed by atoms with van der Waals surface area (Å²) in [4.78, 5) is 50.0. The molecule has 0 aliphatic carbocycles. The summed E-state index contributed by atoms with van der Waals surface area (Å²) in [5.41, 5.74) is 1.26. The van der Waals surface area contributed by atoms with Crippen molar-refractivity contribution in [3.05, 3.63) is 65.5 Å². The van der Waals surface area contributed by atoms with Crippen LogP contribution < -0.4 is 0 Å². The molecule has 1 unspecified atom stereocenters. The molecular weight excluding hydrogens is 432 g/mol. The molecule has 0 bridgehead atoms. The van der Waals surface area contributed by atoms with Gasteiger partial charge in [-0.25, -0.2) is 0 Å². The predicted octanol–water partition coefficient (Wildman–Crippen LogP) is 1.77. The number of hydrogen-bond donors (Lipinski definition) is 0. The zero-order chi connectivity index (χ0) is 24.1. The van der Waals surface area contributed by atoms with Crippen molar-refractivity contribution in [3.63, 3.8) is 0 Å². The zero-order valence-corrected chi connectivity index (χ0v) is 19.9. The molecule has 1 aromatic carbocycles. The highest BCUT2D eigenvalue weighted by atomic mass is 16.5. The number of rotatable bonds is 8. The Labute approximate surface area is 200 Å². The Balaban J connectivity index is 1.57. The molecule has 0 N–H and O–H groups in total. The normalized spacial score (nSPS) is 21.4. The van der Waals surface area contributed by atoms with Gasteiger partial charge in [-0.05, 0) is 29.7 Å². The Morgan fingerprint density at radius 3 is 2.53 bits per heavy atom. The molecule has 4 rings (SSSR count). The van der Waals surface area contributed by atoms with Gasteiger partial charge in [0.05, 0.1) is 18.6 Å². The number of carbonyl (C=O) groups excluding carboxylic acids is 3. The summed E-state index contributed by atoms with van der Waals surface area (Å²) in [7, 11) is 1.68. The molecule has 1 atom stereocenters. The van der Waals surface area contributed by atoms with Crippen LogP contribution in [0.25, 0.3) is 0 Å². The molecule has 2 saturated heterocycles. The SMILES string of the molecule is COCCN1CCN(C(=O)CC2(c3ccccc3C)CC(=O)N(Cc3cccnc3)C2=O)CC1. The smallest absolute Gasteiger partial charge is 0.241 e. The highest BCUT2D eigenvalue weighted by Crippen LogP contribution is 2.42. The molecule has 2 aromatic rings. The van der Waals surface area contributed by atoms with Crippen LogP contribution in [0, 0.1) is 6.92 Å². The first-order valence-corrected chi connectivity index (χ1v) is 11.7. The fourth-order valence-electron chi connectivity index (χ4n) is 5.00. The molecule has 2 aliphatic heterocycles. The second-order valence-corrected chi connectivity index (χ2v) is 9.11. The third-order valence-corrected chi connectivity index (χ3v) is 6.92. The van der Waals surface area contributed by atoms with Crippen LogP contribution in [0.5, 0.6) is 0 Å². The van der Waals surface area contributed by atoms with Gasteiger partial charge >= 0.3 is 0 Å². The third-order valence-electron chi connectivity index (χ3n) is 6.92. The molecule has 0 spiro atoms. The number of piperazine rings is 1. The van der Waals surface area contributed by atoms with Crippen LogP contribution in [0.4, 0.5) is 0 Å². The second kappa shape index (κ2) is 10.4. The lowest BCUT2D eigenvalue weighted by molar-refractivity contribution is -0.143. The number of pyridine rings is 1. The lowest BCUT2D eigenvalue weighted by atomic mass is 9.74. The van der Waals surface area contributed by atoms with E-state index in [0.29, 0.717) is 19.7 Å². The molecule has 1 aromatic heterocycles. The van der Waals surface area contributed by atoms with Gasteiger partial charge in [0.25, 0.3) is 0 Å². The summed E-state index contributed by atoms with van der Waals surface area (Å²) in [6.45, 7) is 6.33. The standard InChI is InChI=1S/C26H32N4O4/c1-20-6-3-4-8-22(20)26(16-23(31)29-12-10-28(11-13-29)14-15-34-2)17-24(32)30(25(26)33)19-21-7-5-9-27-18-21/h3-9,18H,10-17,19H2,1-2H3. The van der Waals surface area contributed by atoms with Crippen molar-refractivity contribution in [1.29, 1.82) is 0 Å². The summed E-state index contributed by atoms with van der Waals surface area (Å²) in [6, 6.07) is 11.2. The van der Waals surface area contributed by atoms with E-state index in [4.69, 9.17) is 4.74 Å². The van der Waals surface area contributed by atoms with Crippen molar-refractivity contribution in [2.24, 2.45) is 0 Å². The maximum absolute atomic E-state index is 13.9. The molecule has 8 nitrogen and oxygen atoms in total. The van der Waals surface area contributed by atoms with Gasteiger partial charge in [-0.15, -0.1) is 0 Å². The van der Waals surface area contributed by atoms with Crippen LogP contribution in [0.3, 0.4) is 0 Å². The Hall–Kier alpha value is -3.10. The van der Waals surface area contributed by atoms with E-state index in [2.05, 4.69) is 9.88 Å². The number of aryl methyl sites for hydroxylation is 1. The molecule has 3 amide bonds. The Bertz CT molecular complexity index is 1040. The topological polar surface area (TPSA) is 83.1 Å². The second-order valence-electron chi connectivity index (χ2n) is 9.11. The number of amides is 3. The fraction of sp³-hybridized carbons (Fsp3) is 0.462. The van der Waals surface area contributed by atoms with E-state index in [9.17, 15) is 14.4 Å². The van der Waals surface area contributed by atoms with E-state index < -0.39 is 5.41 Å². The number of likely N-dealkylation sites (tertiary alicyclic amines) is 1. The maximum atomic E-state index is 13.9. The van der Waals surface area contributed by atoms with Gasteiger partial charge in [0.1, 0.15) is 0 Å². The van der Waals surface area contributed by atoms with Gasteiger partial charge < -0.3 is 9.64 Å². The number of aromatic nitrogens is 1. The lowest BCUT2D eigenvalue weighted by Crippen LogP contribution is -2.51. The van der Waals surface area contributed by atoms with Crippen LogP contribution in [-0.4, -0.2) is 83.8 Å². The first kappa shape index (κ1) is 24.0. The highest BCUT2D eigenvalue weighted by Gasteiger charge is 2.54. The highest BCUT2D eigenvalue weighted by molar-refractivity contribution is 6.10. The van der Waals surface area contributed by atoms with Crippen molar-refractivity contribution in [2.75, 3.05) is 46.4 Å². The average Bonchev–Trinajstić information content (AvgIpc) is 3.08. The summed E-state index contributed by atoms with van der Waals surface area (Å²) in [6.07, 6.45) is 3.30. The number of nitrogens with zero attached hydrogens (tertiary/aromatic N) is 4. The first-order valence-electron chi connectivity index (χ1n) is 11.7. The van der Waals surface area contributed by atoms with Crippen LogP contribution in [-0.2, 0) is 31.1 Å². The van der Waals surface area contributed by atoms with Crippen molar-refractivity contribution in [2.45, 2.75) is 31.7 Å². The minimum absolute atomic E-state index is 0.00348. The quantitative estimate of drug-likeness (QED) is 0.554. The molecule has 0 radical (unpaired) electrons. The molecule has 34 heavy (non-hydrogen) atoms. The monoisotopic (exact) mass is 464 g/mol. The number of carbonyl (C=O) groups is 3. The van der Waals surface area contributed by atoms with E-state index in [0.717, 1.165) is 36.3 Å². The molecular formula is C26H32N4O4. The van der Waals surface area contributed by atoms with Gasteiger partial charge in [0.2, 0.25) is 17.7 Å². The predicted molar refractivity (Wildman–Crippen MR) is 127 cm³/mol. The summed E-state index contributed by atoms with van der Waals surface area (Å²) >= 11 is 0.